The summed E-state index contributed by atoms with van der Waals surface area (Å²) in [6.07, 6.45) is -4.58. The van der Waals surface area contributed by atoms with Crippen LogP contribution < -0.4 is 5.32 Å². The lowest BCUT2D eigenvalue weighted by molar-refractivity contribution is -0.137. The van der Waals surface area contributed by atoms with Crippen molar-refractivity contribution in [3.8, 4) is 0 Å². The number of carbonyl (C=O) groups excluding carboxylic acids is 1. The molecule has 7 heteroatoms. The second kappa shape index (κ2) is 5.09. The van der Waals surface area contributed by atoms with Crippen LogP contribution >= 0.6 is 27.5 Å². The van der Waals surface area contributed by atoms with Gasteiger partial charge < -0.3 is 5.32 Å². The van der Waals surface area contributed by atoms with Crippen LogP contribution in [0.4, 0.5) is 18.9 Å². The standard InChI is InChI=1S/C11H10BrClF3NO/c1-10(2,12)9(18)17-8-4-3-6(13)5-7(8)11(14,15)16/h3-5H,1-2H3,(H,17,18). The van der Waals surface area contributed by atoms with Gasteiger partial charge in [-0.2, -0.15) is 13.2 Å². The Bertz CT molecular complexity index is 468. The fourth-order valence-electron chi connectivity index (χ4n) is 1.13. The summed E-state index contributed by atoms with van der Waals surface area (Å²) in [5, 5.41) is 2.18. The molecule has 0 spiro atoms. The lowest BCUT2D eigenvalue weighted by atomic mass is 10.1. The third-order valence-corrected chi connectivity index (χ3v) is 2.67. The van der Waals surface area contributed by atoms with E-state index in [0.717, 1.165) is 12.1 Å². The van der Waals surface area contributed by atoms with Crippen LogP contribution in [0.15, 0.2) is 18.2 Å². The molecular formula is C11H10BrClF3NO. The summed E-state index contributed by atoms with van der Waals surface area (Å²) in [4.78, 5) is 11.6. The lowest BCUT2D eigenvalue weighted by Gasteiger charge is -2.19. The van der Waals surface area contributed by atoms with Gasteiger partial charge in [0.1, 0.15) is 0 Å². The van der Waals surface area contributed by atoms with E-state index in [0.29, 0.717) is 0 Å². The fourth-order valence-corrected chi connectivity index (χ4v) is 1.40. The number of hydrogen-bond donors (Lipinski definition) is 1. The number of amides is 1. The molecule has 2 nitrogen and oxygen atoms in total. The molecule has 0 saturated carbocycles. The average molecular weight is 345 g/mol. The Hall–Kier alpha value is -0.750. The molecule has 1 rings (SSSR count). The van der Waals surface area contributed by atoms with E-state index in [2.05, 4.69) is 21.2 Å². The third kappa shape index (κ3) is 3.88. The van der Waals surface area contributed by atoms with Gasteiger partial charge in [-0.1, -0.05) is 27.5 Å². The topological polar surface area (TPSA) is 29.1 Å². The SMILES string of the molecule is CC(C)(Br)C(=O)Nc1ccc(Cl)cc1C(F)(F)F. The van der Waals surface area contributed by atoms with E-state index in [9.17, 15) is 18.0 Å². The Morgan fingerprint density at radius 3 is 2.33 bits per heavy atom. The summed E-state index contributed by atoms with van der Waals surface area (Å²) in [5.41, 5.74) is -1.29. The molecule has 1 amide bonds. The number of benzene rings is 1. The van der Waals surface area contributed by atoms with Crippen molar-refractivity contribution >= 4 is 39.1 Å². The molecule has 0 aliphatic carbocycles. The van der Waals surface area contributed by atoms with Gasteiger partial charge in [0.05, 0.1) is 15.6 Å². The van der Waals surface area contributed by atoms with Crippen LogP contribution in [0, 0.1) is 0 Å². The van der Waals surface area contributed by atoms with Crippen LogP contribution in [-0.2, 0) is 11.0 Å². The Kier molecular flexibility index (Phi) is 4.33. The zero-order valence-electron chi connectivity index (χ0n) is 9.53. The number of carbonyl (C=O) groups is 1. The molecule has 100 valence electrons. The first-order valence-electron chi connectivity index (χ1n) is 4.89. The summed E-state index contributed by atoms with van der Waals surface area (Å²) < 4.78 is 37.3. The number of alkyl halides is 4. The van der Waals surface area contributed by atoms with Crippen molar-refractivity contribution in [2.75, 3.05) is 5.32 Å². The van der Waals surface area contributed by atoms with E-state index in [-0.39, 0.29) is 10.7 Å². The van der Waals surface area contributed by atoms with Crippen LogP contribution in [-0.4, -0.2) is 10.2 Å². The van der Waals surface area contributed by atoms with Crippen LogP contribution in [0.2, 0.25) is 5.02 Å². The summed E-state index contributed by atoms with van der Waals surface area (Å²) in [6.45, 7) is 3.07. The highest BCUT2D eigenvalue weighted by Gasteiger charge is 2.35. The molecule has 18 heavy (non-hydrogen) atoms. The van der Waals surface area contributed by atoms with E-state index in [1.165, 1.54) is 19.9 Å². The summed E-state index contributed by atoms with van der Waals surface area (Å²) in [5.74, 6) is -0.574. The van der Waals surface area contributed by atoms with Gasteiger partial charge in [-0.3, -0.25) is 4.79 Å². The van der Waals surface area contributed by atoms with Crippen LogP contribution in [0.1, 0.15) is 19.4 Å². The number of halogens is 5. The molecule has 0 bridgehead atoms. The smallest absolute Gasteiger partial charge is 0.324 e. The first kappa shape index (κ1) is 15.3. The predicted molar refractivity (Wildman–Crippen MR) is 68.1 cm³/mol. The number of anilines is 1. The lowest BCUT2D eigenvalue weighted by Crippen LogP contribution is -2.31. The Labute approximate surface area is 116 Å². The molecular weight excluding hydrogens is 334 g/mol. The molecule has 1 N–H and O–H groups in total. The first-order valence-corrected chi connectivity index (χ1v) is 6.06. The number of nitrogens with one attached hydrogen (secondary N) is 1. The van der Waals surface area contributed by atoms with Crippen molar-refractivity contribution in [1.82, 2.24) is 0 Å². The van der Waals surface area contributed by atoms with Crippen molar-refractivity contribution in [3.05, 3.63) is 28.8 Å². The van der Waals surface area contributed by atoms with Crippen LogP contribution in [0.5, 0.6) is 0 Å². The summed E-state index contributed by atoms with van der Waals surface area (Å²) in [7, 11) is 0. The molecule has 0 heterocycles. The molecule has 1 aromatic rings. The van der Waals surface area contributed by atoms with Gasteiger partial charge in [0, 0.05) is 5.02 Å². The van der Waals surface area contributed by atoms with Gasteiger partial charge in [-0.15, -0.1) is 0 Å². The Balaban J connectivity index is 3.14. The minimum Gasteiger partial charge on any atom is -0.324 e. The highest BCUT2D eigenvalue weighted by atomic mass is 79.9. The van der Waals surface area contributed by atoms with E-state index < -0.39 is 22.0 Å². The molecule has 0 unspecified atom stereocenters. The maximum absolute atomic E-state index is 12.8. The zero-order valence-corrected chi connectivity index (χ0v) is 11.9. The summed E-state index contributed by atoms with van der Waals surface area (Å²) in [6, 6.07) is 3.19. The highest BCUT2D eigenvalue weighted by Crippen LogP contribution is 2.37. The van der Waals surface area contributed by atoms with Crippen LogP contribution in [0.3, 0.4) is 0 Å². The molecule has 0 aliphatic heterocycles. The van der Waals surface area contributed by atoms with Gasteiger partial charge in [0.2, 0.25) is 5.91 Å². The third-order valence-electron chi connectivity index (χ3n) is 2.08. The van der Waals surface area contributed by atoms with Gasteiger partial charge in [0.15, 0.2) is 0 Å². The largest absolute Gasteiger partial charge is 0.418 e. The summed E-state index contributed by atoms with van der Waals surface area (Å²) >= 11 is 8.60. The van der Waals surface area contributed by atoms with E-state index in [4.69, 9.17) is 11.6 Å². The molecule has 1 aromatic carbocycles. The monoisotopic (exact) mass is 343 g/mol. The second-order valence-corrected chi connectivity index (χ2v) is 6.53. The average Bonchev–Trinajstić information content (AvgIpc) is 2.17. The van der Waals surface area contributed by atoms with E-state index in [1.807, 2.05) is 0 Å². The Morgan fingerprint density at radius 2 is 1.89 bits per heavy atom. The van der Waals surface area contributed by atoms with Crippen molar-refractivity contribution in [2.45, 2.75) is 24.3 Å². The van der Waals surface area contributed by atoms with Gasteiger partial charge in [-0.05, 0) is 32.0 Å². The first-order chi connectivity index (χ1) is 8.01. The van der Waals surface area contributed by atoms with Crippen LogP contribution in [0.25, 0.3) is 0 Å². The minimum absolute atomic E-state index is 0.0431. The van der Waals surface area contributed by atoms with E-state index in [1.54, 1.807) is 0 Å². The molecule has 0 aromatic heterocycles. The number of hydrogen-bond acceptors (Lipinski definition) is 1. The van der Waals surface area contributed by atoms with Crippen molar-refractivity contribution in [1.29, 1.82) is 0 Å². The molecule has 0 aliphatic rings. The highest BCUT2D eigenvalue weighted by molar-refractivity contribution is 9.10. The minimum atomic E-state index is -4.58. The maximum atomic E-state index is 12.8. The number of rotatable bonds is 2. The molecule has 0 saturated heterocycles. The van der Waals surface area contributed by atoms with Gasteiger partial charge >= 0.3 is 6.18 Å². The fraction of sp³-hybridized carbons (Fsp3) is 0.364. The zero-order chi connectivity index (χ0) is 14.1. The van der Waals surface area contributed by atoms with Crippen molar-refractivity contribution < 1.29 is 18.0 Å². The van der Waals surface area contributed by atoms with Crippen molar-refractivity contribution in [3.63, 3.8) is 0 Å². The van der Waals surface area contributed by atoms with Crippen molar-refractivity contribution in [2.24, 2.45) is 0 Å². The molecule has 0 atom stereocenters. The molecule has 0 fully saturated rings. The quantitative estimate of drug-likeness (QED) is 0.788. The van der Waals surface area contributed by atoms with Gasteiger partial charge in [0.25, 0.3) is 0 Å². The van der Waals surface area contributed by atoms with Gasteiger partial charge in [-0.25, -0.2) is 0 Å². The second-order valence-electron chi connectivity index (χ2n) is 4.11. The Morgan fingerprint density at radius 1 is 1.33 bits per heavy atom. The maximum Gasteiger partial charge on any atom is 0.418 e. The normalized spacial score (nSPS) is 12.4. The molecule has 0 radical (unpaired) electrons. The predicted octanol–water partition coefficient (Wildman–Crippen LogP) is 4.47. The van der Waals surface area contributed by atoms with E-state index >= 15 is 0 Å².